The van der Waals surface area contributed by atoms with Gasteiger partial charge in [0.25, 0.3) is 0 Å². The van der Waals surface area contributed by atoms with E-state index < -0.39 is 0 Å². The van der Waals surface area contributed by atoms with Crippen LogP contribution in [0.4, 0.5) is 0 Å². The molecule has 0 bridgehead atoms. The van der Waals surface area contributed by atoms with Gasteiger partial charge in [-0.3, -0.25) is 0 Å². The Bertz CT molecular complexity index is 231. The molecular weight excluding hydrogens is 168 g/mol. The highest BCUT2D eigenvalue weighted by Gasteiger charge is 2.00. The average molecular weight is 182 g/mol. The first-order valence-electron chi connectivity index (χ1n) is 3.48. The van der Waals surface area contributed by atoms with Crippen molar-refractivity contribution in [3.63, 3.8) is 0 Å². The molecule has 0 spiro atoms. The van der Waals surface area contributed by atoms with Gasteiger partial charge in [-0.15, -0.1) is 13.2 Å². The topological polar surface area (TPSA) is 57.8 Å². The molecule has 0 aromatic heterocycles. The number of hydrogen-bond donors (Lipinski definition) is 0. The molecular formula is C10H14O3. The molecule has 0 fully saturated rings. The van der Waals surface area contributed by atoms with E-state index in [1.807, 2.05) is 6.07 Å². The Kier molecular flexibility index (Phi) is 9.10. The predicted octanol–water partition coefficient (Wildman–Crippen LogP) is 1.45. The molecule has 0 aliphatic rings. The molecule has 0 unspecified atom stereocenters. The highest BCUT2D eigenvalue weighted by Crippen LogP contribution is 1.98. The van der Waals surface area contributed by atoms with E-state index in [2.05, 4.69) is 17.9 Å². The van der Waals surface area contributed by atoms with E-state index in [9.17, 15) is 4.79 Å². The number of ether oxygens (including phenoxy) is 1. The van der Waals surface area contributed by atoms with Gasteiger partial charge >= 0.3 is 5.97 Å². The third-order valence-corrected chi connectivity index (χ3v) is 1.19. The number of benzene rings is 1. The summed E-state index contributed by atoms with van der Waals surface area (Å²) in [6.07, 6.45) is 0. The lowest BCUT2D eigenvalue weighted by atomic mass is 10.2. The maximum Gasteiger partial charge on any atom is 0.337 e. The lowest BCUT2D eigenvalue weighted by molar-refractivity contribution is 0.0601. The van der Waals surface area contributed by atoms with Crippen LogP contribution in [0, 0.1) is 0 Å². The molecule has 0 heterocycles. The molecule has 3 heteroatoms. The second kappa shape index (κ2) is 8.49. The van der Waals surface area contributed by atoms with Crippen molar-refractivity contribution in [3.8, 4) is 0 Å². The Balaban J connectivity index is 0. The minimum absolute atomic E-state index is 0. The summed E-state index contributed by atoms with van der Waals surface area (Å²) in [5.74, 6) is -0.291. The summed E-state index contributed by atoms with van der Waals surface area (Å²) in [6.45, 7) is 6.00. The van der Waals surface area contributed by atoms with Crippen LogP contribution >= 0.6 is 0 Å². The second-order valence-corrected chi connectivity index (χ2v) is 1.86. The summed E-state index contributed by atoms with van der Waals surface area (Å²) in [5.41, 5.74) is 0.588. The van der Waals surface area contributed by atoms with Crippen molar-refractivity contribution in [2.45, 2.75) is 0 Å². The number of esters is 1. The highest BCUT2D eigenvalue weighted by molar-refractivity contribution is 5.89. The highest BCUT2D eigenvalue weighted by atomic mass is 16.5. The van der Waals surface area contributed by atoms with Crippen molar-refractivity contribution in [2.75, 3.05) is 7.11 Å². The molecule has 13 heavy (non-hydrogen) atoms. The molecule has 1 aromatic rings. The molecule has 3 nitrogen and oxygen atoms in total. The summed E-state index contributed by atoms with van der Waals surface area (Å²) in [4.78, 5) is 10.8. The fourth-order valence-corrected chi connectivity index (χ4v) is 0.692. The fourth-order valence-electron chi connectivity index (χ4n) is 0.692. The van der Waals surface area contributed by atoms with E-state index >= 15 is 0 Å². The van der Waals surface area contributed by atoms with Crippen molar-refractivity contribution in [1.82, 2.24) is 0 Å². The van der Waals surface area contributed by atoms with Crippen LogP contribution in [0.15, 0.2) is 43.5 Å². The molecule has 0 aliphatic carbocycles. The van der Waals surface area contributed by atoms with E-state index in [1.165, 1.54) is 7.11 Å². The zero-order valence-electron chi connectivity index (χ0n) is 7.62. The maximum atomic E-state index is 10.8. The molecule has 0 saturated heterocycles. The molecule has 0 radical (unpaired) electrons. The van der Waals surface area contributed by atoms with Crippen LogP contribution in [-0.2, 0) is 4.74 Å². The van der Waals surface area contributed by atoms with Crippen LogP contribution in [0.2, 0.25) is 0 Å². The van der Waals surface area contributed by atoms with E-state index in [1.54, 1.807) is 24.3 Å². The van der Waals surface area contributed by atoms with E-state index in [4.69, 9.17) is 0 Å². The van der Waals surface area contributed by atoms with Gasteiger partial charge < -0.3 is 10.2 Å². The van der Waals surface area contributed by atoms with Crippen LogP contribution in [0.3, 0.4) is 0 Å². The molecule has 0 atom stereocenters. The predicted molar refractivity (Wildman–Crippen MR) is 52.6 cm³/mol. The Morgan fingerprint density at radius 3 is 2.08 bits per heavy atom. The van der Waals surface area contributed by atoms with E-state index in [-0.39, 0.29) is 11.4 Å². The summed E-state index contributed by atoms with van der Waals surface area (Å²) in [6, 6.07) is 8.88. The molecule has 0 amide bonds. The van der Waals surface area contributed by atoms with Crippen molar-refractivity contribution in [3.05, 3.63) is 49.1 Å². The second-order valence-electron chi connectivity index (χ2n) is 1.86. The lowest BCUT2D eigenvalue weighted by Crippen LogP contribution is -1.99. The zero-order chi connectivity index (χ0) is 9.40. The van der Waals surface area contributed by atoms with Crippen molar-refractivity contribution >= 4 is 5.97 Å². The first-order valence-corrected chi connectivity index (χ1v) is 3.48. The first-order chi connectivity index (χ1) is 5.84. The third kappa shape index (κ3) is 4.76. The lowest BCUT2D eigenvalue weighted by Gasteiger charge is -1.95. The van der Waals surface area contributed by atoms with Crippen molar-refractivity contribution in [1.29, 1.82) is 0 Å². The Morgan fingerprint density at radius 1 is 1.23 bits per heavy atom. The summed E-state index contributed by atoms with van der Waals surface area (Å²) >= 11 is 0. The smallest absolute Gasteiger partial charge is 0.337 e. The molecule has 0 saturated carbocycles. The van der Waals surface area contributed by atoms with Gasteiger partial charge in [-0.2, -0.15) is 0 Å². The Hall–Kier alpha value is -1.61. The van der Waals surface area contributed by atoms with Crippen LogP contribution < -0.4 is 0 Å². The summed E-state index contributed by atoms with van der Waals surface area (Å²) in [7, 11) is 1.37. The monoisotopic (exact) mass is 182 g/mol. The number of rotatable bonds is 1. The molecule has 1 rings (SSSR count). The Labute approximate surface area is 78.0 Å². The van der Waals surface area contributed by atoms with Gasteiger partial charge in [-0.25, -0.2) is 4.79 Å². The third-order valence-electron chi connectivity index (χ3n) is 1.19. The van der Waals surface area contributed by atoms with Gasteiger partial charge in [-0.1, -0.05) is 18.2 Å². The van der Waals surface area contributed by atoms with Crippen molar-refractivity contribution in [2.24, 2.45) is 0 Å². The Morgan fingerprint density at radius 2 is 1.69 bits per heavy atom. The number of carbonyl (C=O) groups excluding carboxylic acids is 1. The van der Waals surface area contributed by atoms with Crippen molar-refractivity contribution < 1.29 is 15.0 Å². The maximum absolute atomic E-state index is 10.8. The van der Waals surface area contributed by atoms with Crippen LogP contribution in [0.5, 0.6) is 0 Å². The standard InChI is InChI=1S/C8H8O2.C2H4.H2O/c1-10-8(9)7-5-3-2-4-6-7;1-2;/h2-6H,1H3;1-2H2;1H2. The van der Waals surface area contributed by atoms with Crippen LogP contribution in [0.25, 0.3) is 0 Å². The SMILES string of the molecule is C=C.COC(=O)c1ccccc1.O. The largest absolute Gasteiger partial charge is 0.465 e. The quantitative estimate of drug-likeness (QED) is 0.487. The summed E-state index contributed by atoms with van der Waals surface area (Å²) in [5, 5.41) is 0. The van der Waals surface area contributed by atoms with Gasteiger partial charge in [-0.05, 0) is 12.1 Å². The average Bonchev–Trinajstić information content (AvgIpc) is 2.21. The van der Waals surface area contributed by atoms with E-state index in [0.717, 1.165) is 0 Å². The molecule has 72 valence electrons. The van der Waals surface area contributed by atoms with Gasteiger partial charge in [0.05, 0.1) is 12.7 Å². The zero-order valence-corrected chi connectivity index (χ0v) is 7.62. The van der Waals surface area contributed by atoms with Gasteiger partial charge in [0.1, 0.15) is 0 Å². The van der Waals surface area contributed by atoms with Gasteiger partial charge in [0, 0.05) is 0 Å². The normalized spacial score (nSPS) is 7.15. The van der Waals surface area contributed by atoms with Gasteiger partial charge in [0.15, 0.2) is 0 Å². The fraction of sp³-hybridized carbons (Fsp3) is 0.100. The molecule has 2 N–H and O–H groups in total. The van der Waals surface area contributed by atoms with E-state index in [0.29, 0.717) is 5.56 Å². The van der Waals surface area contributed by atoms with Crippen LogP contribution in [-0.4, -0.2) is 18.6 Å². The van der Waals surface area contributed by atoms with Gasteiger partial charge in [0.2, 0.25) is 0 Å². The molecule has 0 aliphatic heterocycles. The number of carbonyl (C=O) groups is 1. The minimum atomic E-state index is -0.291. The molecule has 1 aromatic carbocycles. The first kappa shape index (κ1) is 13.9. The summed E-state index contributed by atoms with van der Waals surface area (Å²) < 4.78 is 4.50. The minimum Gasteiger partial charge on any atom is -0.465 e. The number of methoxy groups -OCH3 is 1. The van der Waals surface area contributed by atoms with Crippen LogP contribution in [0.1, 0.15) is 10.4 Å². The number of hydrogen-bond acceptors (Lipinski definition) is 2.